The van der Waals surface area contributed by atoms with E-state index in [0.717, 1.165) is 37.6 Å². The molecule has 3 aromatic rings. The normalized spacial score (nSPS) is 18.0. The Morgan fingerprint density at radius 2 is 2.00 bits per heavy atom. The first-order chi connectivity index (χ1) is 12.9. The summed E-state index contributed by atoms with van der Waals surface area (Å²) in [6.07, 6.45) is 3.73. The third-order valence-electron chi connectivity index (χ3n) is 4.94. The Balaban J connectivity index is 1.64. The zero-order valence-corrected chi connectivity index (χ0v) is 15.0. The van der Waals surface area contributed by atoms with E-state index in [1.165, 1.54) is 11.1 Å². The number of para-hydroxylation sites is 1. The summed E-state index contributed by atoms with van der Waals surface area (Å²) in [6.45, 7) is 3.82. The first kappa shape index (κ1) is 16.8. The van der Waals surface area contributed by atoms with E-state index in [1.54, 1.807) is 13.3 Å². The number of methoxy groups -OCH3 is 1. The molecular formula is C21H24N4O. The van der Waals surface area contributed by atoms with Crippen molar-refractivity contribution in [2.75, 3.05) is 26.7 Å². The Hall–Kier alpha value is -2.63. The van der Waals surface area contributed by atoms with Crippen LogP contribution in [0.4, 0.5) is 0 Å². The number of piperazine rings is 1. The second-order valence-corrected chi connectivity index (χ2v) is 6.52. The van der Waals surface area contributed by atoms with Crippen molar-refractivity contribution in [3.63, 3.8) is 0 Å². The molecule has 134 valence electrons. The molecule has 1 aliphatic rings. The summed E-state index contributed by atoms with van der Waals surface area (Å²) in [7, 11) is 1.73. The molecule has 5 heteroatoms. The van der Waals surface area contributed by atoms with Crippen molar-refractivity contribution < 1.29 is 4.74 Å². The van der Waals surface area contributed by atoms with E-state index in [-0.39, 0.29) is 0 Å². The Morgan fingerprint density at radius 3 is 2.77 bits per heavy atom. The second-order valence-electron chi connectivity index (χ2n) is 6.52. The predicted molar refractivity (Wildman–Crippen MR) is 103 cm³/mol. The van der Waals surface area contributed by atoms with Crippen molar-refractivity contribution in [3.8, 4) is 11.4 Å². The highest BCUT2D eigenvalue weighted by atomic mass is 16.5. The van der Waals surface area contributed by atoms with Gasteiger partial charge in [0.15, 0.2) is 0 Å². The molecular weight excluding hydrogens is 324 g/mol. The molecule has 1 aromatic heterocycles. The molecule has 1 fully saturated rings. The molecule has 1 atom stereocenters. The maximum Gasteiger partial charge on any atom is 0.149 e. The Labute approximate surface area is 154 Å². The molecule has 1 N–H and O–H groups in total. The fourth-order valence-electron chi connectivity index (χ4n) is 3.68. The molecule has 0 saturated carbocycles. The summed E-state index contributed by atoms with van der Waals surface area (Å²) < 4.78 is 7.64. The van der Waals surface area contributed by atoms with Crippen LogP contribution >= 0.6 is 0 Å². The predicted octanol–water partition coefficient (Wildman–Crippen LogP) is 3.03. The molecule has 1 unspecified atom stereocenters. The smallest absolute Gasteiger partial charge is 0.149 e. The van der Waals surface area contributed by atoms with Gasteiger partial charge in [-0.05, 0) is 17.7 Å². The maximum absolute atomic E-state index is 5.78. The number of rotatable bonds is 5. The molecule has 0 amide bonds. The monoisotopic (exact) mass is 348 g/mol. The highest BCUT2D eigenvalue weighted by Gasteiger charge is 2.25. The number of hydrogen-bond acceptors (Lipinski definition) is 4. The molecule has 2 aromatic carbocycles. The van der Waals surface area contributed by atoms with Crippen molar-refractivity contribution in [1.29, 1.82) is 0 Å². The van der Waals surface area contributed by atoms with Gasteiger partial charge in [-0.2, -0.15) is 5.10 Å². The molecule has 0 radical (unpaired) electrons. The molecule has 5 nitrogen and oxygen atoms in total. The SMILES string of the molecule is COc1c(CN2CCNCC2c2ccccc2)cccc1-n1cccn1. The van der Waals surface area contributed by atoms with Crippen molar-refractivity contribution in [1.82, 2.24) is 20.0 Å². The van der Waals surface area contributed by atoms with Gasteiger partial charge in [0.2, 0.25) is 0 Å². The van der Waals surface area contributed by atoms with E-state index in [9.17, 15) is 0 Å². The largest absolute Gasteiger partial charge is 0.494 e. The van der Waals surface area contributed by atoms with Crippen LogP contribution in [0.1, 0.15) is 17.2 Å². The minimum Gasteiger partial charge on any atom is -0.494 e. The summed E-state index contributed by atoms with van der Waals surface area (Å²) in [6, 6.07) is 19.3. The standard InChI is InChI=1S/C21H24N4O/c1-26-21-18(9-5-10-19(21)25-13-6-11-23-25)16-24-14-12-22-15-20(24)17-7-3-2-4-8-17/h2-11,13,20,22H,12,14-16H2,1H3. The van der Waals surface area contributed by atoms with Crippen LogP contribution in [-0.4, -0.2) is 41.4 Å². The molecule has 4 rings (SSSR count). The van der Waals surface area contributed by atoms with Gasteiger partial charge in [0.1, 0.15) is 11.4 Å². The number of hydrogen-bond donors (Lipinski definition) is 1. The van der Waals surface area contributed by atoms with Crippen LogP contribution < -0.4 is 10.1 Å². The summed E-state index contributed by atoms with van der Waals surface area (Å²) in [5.74, 6) is 0.890. The van der Waals surface area contributed by atoms with Crippen LogP contribution in [-0.2, 0) is 6.54 Å². The van der Waals surface area contributed by atoms with E-state index in [0.29, 0.717) is 6.04 Å². The van der Waals surface area contributed by atoms with Crippen LogP contribution in [0.2, 0.25) is 0 Å². The van der Waals surface area contributed by atoms with Gasteiger partial charge in [0.05, 0.1) is 7.11 Å². The third-order valence-corrected chi connectivity index (χ3v) is 4.94. The summed E-state index contributed by atoms with van der Waals surface area (Å²) >= 11 is 0. The Bertz CT molecular complexity index is 832. The van der Waals surface area contributed by atoms with Gasteiger partial charge in [-0.1, -0.05) is 42.5 Å². The van der Waals surface area contributed by atoms with Crippen LogP contribution in [0.25, 0.3) is 5.69 Å². The molecule has 0 bridgehead atoms. The van der Waals surface area contributed by atoms with Crippen LogP contribution in [0.15, 0.2) is 67.0 Å². The zero-order valence-electron chi connectivity index (χ0n) is 15.0. The Morgan fingerprint density at radius 1 is 1.12 bits per heavy atom. The first-order valence-electron chi connectivity index (χ1n) is 9.02. The zero-order chi connectivity index (χ0) is 17.8. The average molecular weight is 348 g/mol. The topological polar surface area (TPSA) is 42.3 Å². The van der Waals surface area contributed by atoms with Crippen LogP contribution in [0.5, 0.6) is 5.75 Å². The maximum atomic E-state index is 5.78. The molecule has 1 aliphatic heterocycles. The van der Waals surface area contributed by atoms with E-state index in [1.807, 2.05) is 23.0 Å². The lowest BCUT2D eigenvalue weighted by Crippen LogP contribution is -2.45. The lowest BCUT2D eigenvalue weighted by atomic mass is 10.0. The lowest BCUT2D eigenvalue weighted by Gasteiger charge is -2.37. The number of ether oxygens (including phenoxy) is 1. The van der Waals surface area contributed by atoms with E-state index < -0.39 is 0 Å². The van der Waals surface area contributed by atoms with Crippen molar-refractivity contribution in [3.05, 3.63) is 78.1 Å². The molecule has 2 heterocycles. The minimum atomic E-state index is 0.364. The number of aromatic nitrogens is 2. The van der Waals surface area contributed by atoms with Gasteiger partial charge < -0.3 is 10.1 Å². The van der Waals surface area contributed by atoms with Crippen LogP contribution in [0.3, 0.4) is 0 Å². The van der Waals surface area contributed by atoms with Gasteiger partial charge in [0.25, 0.3) is 0 Å². The summed E-state index contributed by atoms with van der Waals surface area (Å²) in [5.41, 5.74) is 3.51. The molecule has 0 aliphatic carbocycles. The summed E-state index contributed by atoms with van der Waals surface area (Å²) in [5, 5.41) is 7.88. The molecule has 26 heavy (non-hydrogen) atoms. The fraction of sp³-hybridized carbons (Fsp3) is 0.286. The molecule has 0 spiro atoms. The second kappa shape index (κ2) is 7.72. The van der Waals surface area contributed by atoms with E-state index in [4.69, 9.17) is 4.74 Å². The minimum absolute atomic E-state index is 0.364. The van der Waals surface area contributed by atoms with Crippen molar-refractivity contribution >= 4 is 0 Å². The Kier molecular flexibility index (Phi) is 5.00. The highest BCUT2D eigenvalue weighted by molar-refractivity contribution is 5.51. The summed E-state index contributed by atoms with van der Waals surface area (Å²) in [4.78, 5) is 2.52. The van der Waals surface area contributed by atoms with E-state index >= 15 is 0 Å². The van der Waals surface area contributed by atoms with Crippen LogP contribution in [0, 0.1) is 0 Å². The molecule has 1 saturated heterocycles. The average Bonchev–Trinajstić information content (AvgIpc) is 3.23. The van der Waals surface area contributed by atoms with Crippen molar-refractivity contribution in [2.24, 2.45) is 0 Å². The van der Waals surface area contributed by atoms with Gasteiger partial charge in [-0.25, -0.2) is 4.68 Å². The quantitative estimate of drug-likeness (QED) is 0.770. The highest BCUT2D eigenvalue weighted by Crippen LogP contribution is 2.31. The number of nitrogens with one attached hydrogen (secondary N) is 1. The number of nitrogens with zero attached hydrogens (tertiary/aromatic N) is 3. The number of benzene rings is 2. The van der Waals surface area contributed by atoms with Gasteiger partial charge in [0, 0.05) is 50.2 Å². The van der Waals surface area contributed by atoms with E-state index in [2.05, 4.69) is 57.8 Å². The first-order valence-corrected chi connectivity index (χ1v) is 9.02. The third kappa shape index (κ3) is 3.36. The van der Waals surface area contributed by atoms with Gasteiger partial charge in [-0.3, -0.25) is 4.90 Å². The van der Waals surface area contributed by atoms with Gasteiger partial charge >= 0.3 is 0 Å². The lowest BCUT2D eigenvalue weighted by molar-refractivity contribution is 0.152. The fourth-order valence-corrected chi connectivity index (χ4v) is 3.68. The van der Waals surface area contributed by atoms with Gasteiger partial charge in [-0.15, -0.1) is 0 Å². The van der Waals surface area contributed by atoms with Crippen molar-refractivity contribution in [2.45, 2.75) is 12.6 Å².